The largest absolute Gasteiger partial charge is 0.416 e. The number of imidazole rings is 1. The molecule has 1 unspecified atom stereocenters. The molecule has 8 nitrogen and oxygen atoms in total. The second kappa shape index (κ2) is 9.26. The number of nitrogens with one attached hydrogen (secondary N) is 2. The van der Waals surface area contributed by atoms with Gasteiger partial charge in [-0.15, -0.1) is 0 Å². The second-order valence-electron chi connectivity index (χ2n) is 9.85. The molecule has 0 radical (unpaired) electrons. The Morgan fingerprint density at radius 3 is 2.74 bits per heavy atom. The Labute approximate surface area is 221 Å². The highest BCUT2D eigenvalue weighted by molar-refractivity contribution is 6.05. The van der Waals surface area contributed by atoms with Crippen molar-refractivity contribution < 1.29 is 18.0 Å². The minimum absolute atomic E-state index is 0.0430. The van der Waals surface area contributed by atoms with E-state index in [0.29, 0.717) is 23.4 Å². The Hall–Kier alpha value is -4.67. The van der Waals surface area contributed by atoms with Crippen LogP contribution in [0.5, 0.6) is 0 Å². The number of aryl methyl sites for hydroxylation is 1. The van der Waals surface area contributed by atoms with Gasteiger partial charge < -0.3 is 14.8 Å². The van der Waals surface area contributed by atoms with E-state index in [4.69, 9.17) is 0 Å². The van der Waals surface area contributed by atoms with Gasteiger partial charge in [0.05, 0.1) is 23.8 Å². The molecule has 0 spiro atoms. The number of carbonyl (C=O) groups excluding carboxylic acids is 1. The SMILES string of the molecule is Cc1cn(-c2cc(NC(=O)c3ccc4c(c3)N(Cc3cnc5[nH]ncc5c3)CC4C)cc(C(F)(F)F)c2)cn1. The molecule has 3 aromatic heterocycles. The molecule has 0 fully saturated rings. The van der Waals surface area contributed by atoms with Gasteiger partial charge in [0.25, 0.3) is 5.91 Å². The number of amides is 1. The third kappa shape index (κ3) is 4.83. The summed E-state index contributed by atoms with van der Waals surface area (Å²) in [7, 11) is 0. The van der Waals surface area contributed by atoms with Gasteiger partial charge in [-0.3, -0.25) is 9.89 Å². The molecule has 1 amide bonds. The molecular weight excluding hydrogens is 507 g/mol. The molecule has 39 heavy (non-hydrogen) atoms. The summed E-state index contributed by atoms with van der Waals surface area (Å²) >= 11 is 0. The van der Waals surface area contributed by atoms with Crippen LogP contribution >= 0.6 is 0 Å². The van der Waals surface area contributed by atoms with Crippen LogP contribution < -0.4 is 10.2 Å². The molecule has 1 aliphatic rings. The van der Waals surface area contributed by atoms with Gasteiger partial charge in [0.15, 0.2) is 5.65 Å². The summed E-state index contributed by atoms with van der Waals surface area (Å²) in [6.07, 6.45) is 2.00. The number of anilines is 2. The fourth-order valence-electron chi connectivity index (χ4n) is 5.00. The first kappa shape index (κ1) is 24.7. The van der Waals surface area contributed by atoms with Gasteiger partial charge >= 0.3 is 6.18 Å². The lowest BCUT2D eigenvalue weighted by molar-refractivity contribution is -0.137. The maximum absolute atomic E-state index is 13.7. The second-order valence-corrected chi connectivity index (χ2v) is 9.85. The predicted octanol–water partition coefficient (Wildman–Crippen LogP) is 5.85. The lowest BCUT2D eigenvalue weighted by Crippen LogP contribution is -2.21. The van der Waals surface area contributed by atoms with Crippen molar-refractivity contribution >= 4 is 28.3 Å². The Balaban J connectivity index is 1.28. The van der Waals surface area contributed by atoms with Crippen molar-refractivity contribution in [2.24, 2.45) is 0 Å². The van der Waals surface area contributed by atoms with Gasteiger partial charge in [-0.05, 0) is 54.4 Å². The average molecular weight is 532 g/mol. The Kier molecular flexibility index (Phi) is 5.86. The molecule has 11 heteroatoms. The van der Waals surface area contributed by atoms with Crippen molar-refractivity contribution in [2.75, 3.05) is 16.8 Å². The molecular formula is C28H24F3N7O. The number of aromatic amines is 1. The highest BCUT2D eigenvalue weighted by Crippen LogP contribution is 2.38. The number of fused-ring (bicyclic) bond motifs is 2. The van der Waals surface area contributed by atoms with Crippen molar-refractivity contribution in [1.29, 1.82) is 0 Å². The lowest BCUT2D eigenvalue weighted by atomic mass is 10.0. The van der Waals surface area contributed by atoms with E-state index in [1.165, 1.54) is 17.0 Å². The summed E-state index contributed by atoms with van der Waals surface area (Å²) in [5.41, 5.74) is 4.20. The molecule has 2 N–H and O–H groups in total. The monoisotopic (exact) mass is 531 g/mol. The molecule has 1 aliphatic heterocycles. The number of nitrogens with zero attached hydrogens (tertiary/aromatic N) is 5. The molecule has 4 heterocycles. The number of hydrogen-bond acceptors (Lipinski definition) is 5. The van der Waals surface area contributed by atoms with Crippen LogP contribution in [0.2, 0.25) is 0 Å². The zero-order valence-electron chi connectivity index (χ0n) is 21.1. The number of alkyl halides is 3. The van der Waals surface area contributed by atoms with Gasteiger partial charge in [0.1, 0.15) is 0 Å². The van der Waals surface area contributed by atoms with Gasteiger partial charge in [-0.25, -0.2) is 9.97 Å². The third-order valence-electron chi connectivity index (χ3n) is 6.89. The number of carbonyl (C=O) groups is 1. The number of halogens is 3. The van der Waals surface area contributed by atoms with Gasteiger partial charge in [0.2, 0.25) is 0 Å². The van der Waals surface area contributed by atoms with Crippen LogP contribution in [0.15, 0.2) is 67.4 Å². The van der Waals surface area contributed by atoms with Crippen molar-refractivity contribution in [2.45, 2.75) is 32.5 Å². The molecule has 6 rings (SSSR count). The zero-order chi connectivity index (χ0) is 27.3. The standard InChI is InChI=1S/C28H24F3N7O/c1-16-12-37(14-18-5-20-11-34-36-26(20)32-10-18)25-6-19(3-4-24(16)25)27(39)35-22-7-21(28(29,30)31)8-23(9-22)38-13-17(2)33-15-38/h3-11,13,15-16H,12,14H2,1-2H3,(H,35,39)(H,32,34,36). The van der Waals surface area contributed by atoms with Crippen molar-refractivity contribution in [3.05, 3.63) is 95.3 Å². The van der Waals surface area contributed by atoms with Crippen molar-refractivity contribution in [3.8, 4) is 5.69 Å². The smallest absolute Gasteiger partial charge is 0.366 e. The summed E-state index contributed by atoms with van der Waals surface area (Å²) in [6, 6.07) is 10.9. The summed E-state index contributed by atoms with van der Waals surface area (Å²) in [6.45, 7) is 5.23. The Bertz CT molecular complexity index is 1710. The van der Waals surface area contributed by atoms with Gasteiger partial charge in [-0.2, -0.15) is 18.3 Å². The third-order valence-corrected chi connectivity index (χ3v) is 6.89. The van der Waals surface area contributed by atoms with Crippen LogP contribution in [-0.4, -0.2) is 37.2 Å². The predicted molar refractivity (Wildman–Crippen MR) is 141 cm³/mol. The first-order valence-corrected chi connectivity index (χ1v) is 12.4. The van der Waals surface area contributed by atoms with Crippen LogP contribution in [0.25, 0.3) is 16.7 Å². The quantitative estimate of drug-likeness (QED) is 0.297. The fourth-order valence-corrected chi connectivity index (χ4v) is 5.00. The maximum Gasteiger partial charge on any atom is 0.416 e. The van der Waals surface area contributed by atoms with E-state index in [-0.39, 0.29) is 17.3 Å². The normalized spacial score (nSPS) is 15.1. The van der Waals surface area contributed by atoms with Crippen LogP contribution in [-0.2, 0) is 12.7 Å². The van der Waals surface area contributed by atoms with Crippen LogP contribution in [0.3, 0.4) is 0 Å². The summed E-state index contributed by atoms with van der Waals surface area (Å²) < 4.78 is 42.4. The Morgan fingerprint density at radius 2 is 1.97 bits per heavy atom. The zero-order valence-corrected chi connectivity index (χ0v) is 21.1. The minimum Gasteiger partial charge on any atom is -0.366 e. The van der Waals surface area contributed by atoms with E-state index in [1.54, 1.807) is 37.6 Å². The minimum atomic E-state index is -4.58. The number of aromatic nitrogens is 5. The van der Waals surface area contributed by atoms with Crippen LogP contribution in [0, 0.1) is 6.92 Å². The fraction of sp³-hybridized carbons (Fsp3) is 0.214. The molecule has 0 bridgehead atoms. The number of H-pyrrole nitrogens is 1. The maximum atomic E-state index is 13.7. The summed E-state index contributed by atoms with van der Waals surface area (Å²) in [5.74, 6) is -0.238. The molecule has 1 atom stereocenters. The number of pyridine rings is 1. The molecule has 0 aliphatic carbocycles. The van der Waals surface area contributed by atoms with E-state index < -0.39 is 17.6 Å². The van der Waals surface area contributed by atoms with Crippen molar-refractivity contribution in [3.63, 3.8) is 0 Å². The summed E-state index contributed by atoms with van der Waals surface area (Å²) in [5, 5.41) is 10.4. The van der Waals surface area contributed by atoms with Crippen LogP contribution in [0.4, 0.5) is 24.5 Å². The first-order valence-electron chi connectivity index (χ1n) is 12.4. The highest BCUT2D eigenvalue weighted by Gasteiger charge is 2.32. The number of hydrogen-bond donors (Lipinski definition) is 2. The Morgan fingerprint density at radius 1 is 1.13 bits per heavy atom. The molecule has 0 saturated heterocycles. The van der Waals surface area contributed by atoms with E-state index >= 15 is 0 Å². The highest BCUT2D eigenvalue weighted by atomic mass is 19.4. The number of rotatable bonds is 5. The van der Waals surface area contributed by atoms with Gasteiger partial charge in [0, 0.05) is 59.4 Å². The van der Waals surface area contributed by atoms with E-state index in [0.717, 1.165) is 40.9 Å². The van der Waals surface area contributed by atoms with Crippen molar-refractivity contribution in [1.82, 2.24) is 24.7 Å². The first-order chi connectivity index (χ1) is 18.6. The van der Waals surface area contributed by atoms with Gasteiger partial charge in [-0.1, -0.05) is 13.0 Å². The van der Waals surface area contributed by atoms with E-state index in [9.17, 15) is 18.0 Å². The topological polar surface area (TPSA) is 91.7 Å². The van der Waals surface area contributed by atoms with Crippen LogP contribution in [0.1, 0.15) is 45.6 Å². The summed E-state index contributed by atoms with van der Waals surface area (Å²) in [4.78, 5) is 23.9. The molecule has 198 valence electrons. The lowest BCUT2D eigenvalue weighted by Gasteiger charge is -2.20. The molecule has 5 aromatic rings. The van der Waals surface area contributed by atoms with E-state index in [1.807, 2.05) is 12.1 Å². The molecule has 0 saturated carbocycles. The average Bonchev–Trinajstić information content (AvgIpc) is 3.62. The molecule has 2 aromatic carbocycles. The number of benzene rings is 2. The van der Waals surface area contributed by atoms with E-state index in [2.05, 4.69) is 37.3 Å².